The topological polar surface area (TPSA) is 76.4 Å². The summed E-state index contributed by atoms with van der Waals surface area (Å²) in [7, 11) is 1.64. The number of hydrogen-bond acceptors (Lipinski definition) is 4. The number of ether oxygens (including phenoxy) is 1. The highest BCUT2D eigenvalue weighted by Gasteiger charge is 2.26. The molecule has 0 aromatic heterocycles. The molecule has 29 heavy (non-hydrogen) atoms. The van der Waals surface area contributed by atoms with Crippen molar-refractivity contribution in [1.82, 2.24) is 5.32 Å². The Balaban J connectivity index is 1.50. The predicted molar refractivity (Wildman–Crippen MR) is 122 cm³/mol. The van der Waals surface area contributed by atoms with Crippen LogP contribution in [0.15, 0.2) is 34.8 Å². The molecular formula is C23H30BrN3O2. The molecule has 6 heteroatoms. The lowest BCUT2D eigenvalue weighted by Gasteiger charge is -2.29. The Hall–Kier alpha value is -2.05. The van der Waals surface area contributed by atoms with Crippen LogP contribution in [0, 0.1) is 19.8 Å². The molecule has 0 spiro atoms. The van der Waals surface area contributed by atoms with Crippen LogP contribution in [0.25, 0.3) is 0 Å². The molecule has 1 aliphatic rings. The minimum atomic E-state index is 0.0537. The van der Waals surface area contributed by atoms with E-state index in [0.717, 1.165) is 65.0 Å². The molecule has 0 bridgehead atoms. The number of halogens is 1. The molecular weight excluding hydrogens is 430 g/mol. The van der Waals surface area contributed by atoms with Crippen LogP contribution in [0.2, 0.25) is 0 Å². The second kappa shape index (κ2) is 9.63. The molecule has 3 rings (SSSR count). The molecule has 1 aliphatic carbocycles. The van der Waals surface area contributed by atoms with Crippen LogP contribution in [-0.4, -0.2) is 19.1 Å². The molecule has 0 aliphatic heterocycles. The molecule has 0 saturated heterocycles. The van der Waals surface area contributed by atoms with Gasteiger partial charge in [-0.15, -0.1) is 0 Å². The molecule has 2 aromatic carbocycles. The number of carbonyl (C=O) groups excluding carboxylic acids is 1. The fraction of sp³-hybridized carbons (Fsp3) is 0.435. The molecule has 0 heterocycles. The maximum atomic E-state index is 12.7. The van der Waals surface area contributed by atoms with Crippen LogP contribution in [0.3, 0.4) is 0 Å². The molecule has 0 radical (unpaired) electrons. The van der Waals surface area contributed by atoms with E-state index in [4.69, 9.17) is 10.5 Å². The maximum absolute atomic E-state index is 12.7. The van der Waals surface area contributed by atoms with Crippen molar-refractivity contribution in [3.8, 4) is 5.75 Å². The number of methoxy groups -OCH3 is 1. The molecule has 2 aromatic rings. The second-order valence-electron chi connectivity index (χ2n) is 7.86. The summed E-state index contributed by atoms with van der Waals surface area (Å²) in [5, 5.41) is 6.67. The summed E-state index contributed by atoms with van der Waals surface area (Å²) in [6, 6.07) is 10.3. The van der Waals surface area contributed by atoms with E-state index in [0.29, 0.717) is 6.04 Å². The third-order valence-corrected chi connectivity index (χ3v) is 6.57. The van der Waals surface area contributed by atoms with Crippen molar-refractivity contribution in [2.75, 3.05) is 18.2 Å². The Morgan fingerprint density at radius 2 is 1.83 bits per heavy atom. The number of nitrogens with one attached hydrogen (secondary N) is 2. The van der Waals surface area contributed by atoms with E-state index in [-0.39, 0.29) is 11.8 Å². The molecule has 0 unspecified atom stereocenters. The zero-order valence-corrected chi connectivity index (χ0v) is 18.9. The first-order chi connectivity index (χ1) is 13.9. The van der Waals surface area contributed by atoms with Crippen molar-refractivity contribution in [1.29, 1.82) is 0 Å². The lowest BCUT2D eigenvalue weighted by Crippen LogP contribution is -2.36. The summed E-state index contributed by atoms with van der Waals surface area (Å²) in [6.45, 7) is 4.82. The molecule has 5 nitrogen and oxygen atoms in total. The minimum absolute atomic E-state index is 0.0537. The van der Waals surface area contributed by atoms with E-state index < -0.39 is 0 Å². The fourth-order valence-corrected chi connectivity index (χ4v) is 4.30. The van der Waals surface area contributed by atoms with E-state index in [2.05, 4.69) is 39.6 Å². The highest BCUT2D eigenvalue weighted by Crippen LogP contribution is 2.29. The van der Waals surface area contributed by atoms with Crippen LogP contribution in [0.1, 0.15) is 42.4 Å². The number of hydrogen-bond donors (Lipinski definition) is 3. The highest BCUT2D eigenvalue weighted by atomic mass is 79.9. The average Bonchev–Trinajstić information content (AvgIpc) is 2.72. The lowest BCUT2D eigenvalue weighted by atomic mass is 9.85. The van der Waals surface area contributed by atoms with Gasteiger partial charge in [0.05, 0.1) is 12.8 Å². The number of rotatable bonds is 6. The summed E-state index contributed by atoms with van der Waals surface area (Å²) in [4.78, 5) is 12.7. The van der Waals surface area contributed by atoms with Gasteiger partial charge in [0.2, 0.25) is 5.91 Å². The second-order valence-corrected chi connectivity index (χ2v) is 8.71. The lowest BCUT2D eigenvalue weighted by molar-refractivity contribution is -0.120. The summed E-state index contributed by atoms with van der Waals surface area (Å²) in [5.41, 5.74) is 11.2. The van der Waals surface area contributed by atoms with E-state index in [1.807, 2.05) is 31.2 Å². The van der Waals surface area contributed by atoms with Gasteiger partial charge in [0.1, 0.15) is 5.75 Å². The van der Waals surface area contributed by atoms with E-state index in [1.165, 1.54) is 5.56 Å². The Morgan fingerprint density at radius 3 is 2.52 bits per heavy atom. The summed E-state index contributed by atoms with van der Waals surface area (Å²) >= 11 is 3.50. The van der Waals surface area contributed by atoms with Crippen molar-refractivity contribution in [3.63, 3.8) is 0 Å². The Bertz CT molecular complexity index is 877. The van der Waals surface area contributed by atoms with Gasteiger partial charge in [-0.05, 0) is 84.3 Å². The monoisotopic (exact) mass is 459 g/mol. The van der Waals surface area contributed by atoms with Gasteiger partial charge in [-0.1, -0.05) is 12.1 Å². The van der Waals surface area contributed by atoms with Gasteiger partial charge in [0.15, 0.2) is 0 Å². The highest BCUT2D eigenvalue weighted by molar-refractivity contribution is 9.10. The smallest absolute Gasteiger partial charge is 0.227 e. The zero-order chi connectivity index (χ0) is 21.0. The SMILES string of the molecule is COc1cc(NC(=O)C2CCC(NCc3c(C)ccc(Br)c3N)CC2)ccc1C. The van der Waals surface area contributed by atoms with Crippen molar-refractivity contribution in [2.45, 2.75) is 52.1 Å². The maximum Gasteiger partial charge on any atom is 0.227 e. The standard InChI is InChI=1S/C23H30BrN3O2/c1-14-5-11-20(24)22(25)19(14)13-26-17-9-6-16(7-10-17)23(28)27-18-8-4-15(2)21(12-18)29-3/h4-5,8,11-12,16-17,26H,6-7,9-10,13,25H2,1-3H3,(H,27,28). The molecule has 4 N–H and O–H groups in total. The Kier molecular flexibility index (Phi) is 7.19. The molecule has 1 saturated carbocycles. The number of benzene rings is 2. The van der Waals surface area contributed by atoms with Crippen LogP contribution >= 0.6 is 15.9 Å². The summed E-state index contributed by atoms with van der Waals surface area (Å²) in [5.74, 6) is 0.942. The summed E-state index contributed by atoms with van der Waals surface area (Å²) < 4.78 is 6.28. The van der Waals surface area contributed by atoms with Crippen LogP contribution < -0.4 is 21.1 Å². The normalized spacial score (nSPS) is 19.0. The van der Waals surface area contributed by atoms with Crippen LogP contribution in [0.5, 0.6) is 5.75 Å². The van der Waals surface area contributed by atoms with E-state index in [1.54, 1.807) is 7.11 Å². The molecule has 1 amide bonds. The molecule has 1 fully saturated rings. The van der Waals surface area contributed by atoms with Gasteiger partial charge in [0.25, 0.3) is 0 Å². The van der Waals surface area contributed by atoms with Crippen molar-refractivity contribution < 1.29 is 9.53 Å². The first kappa shape index (κ1) is 21.7. The molecule has 156 valence electrons. The largest absolute Gasteiger partial charge is 0.496 e. The number of anilines is 2. The minimum Gasteiger partial charge on any atom is -0.496 e. The Morgan fingerprint density at radius 1 is 1.14 bits per heavy atom. The third-order valence-electron chi connectivity index (χ3n) is 5.88. The first-order valence-electron chi connectivity index (χ1n) is 10.1. The van der Waals surface area contributed by atoms with Crippen molar-refractivity contribution in [2.24, 2.45) is 5.92 Å². The number of carbonyl (C=O) groups is 1. The van der Waals surface area contributed by atoms with E-state index >= 15 is 0 Å². The van der Waals surface area contributed by atoms with Gasteiger partial charge >= 0.3 is 0 Å². The van der Waals surface area contributed by atoms with Gasteiger partial charge < -0.3 is 21.1 Å². The first-order valence-corrected chi connectivity index (χ1v) is 10.9. The van der Waals surface area contributed by atoms with Crippen LogP contribution in [-0.2, 0) is 11.3 Å². The van der Waals surface area contributed by atoms with Gasteiger partial charge in [-0.25, -0.2) is 0 Å². The van der Waals surface area contributed by atoms with Gasteiger partial charge in [0, 0.05) is 34.7 Å². The van der Waals surface area contributed by atoms with Gasteiger partial charge in [-0.3, -0.25) is 4.79 Å². The van der Waals surface area contributed by atoms with Gasteiger partial charge in [-0.2, -0.15) is 0 Å². The van der Waals surface area contributed by atoms with Crippen LogP contribution in [0.4, 0.5) is 11.4 Å². The molecule has 0 atom stereocenters. The Labute approximate surface area is 181 Å². The number of amides is 1. The predicted octanol–water partition coefficient (Wildman–Crippen LogP) is 4.94. The average molecular weight is 460 g/mol. The van der Waals surface area contributed by atoms with Crippen molar-refractivity contribution in [3.05, 3.63) is 51.5 Å². The zero-order valence-electron chi connectivity index (χ0n) is 17.3. The fourth-order valence-electron chi connectivity index (χ4n) is 3.93. The number of aryl methyl sites for hydroxylation is 2. The number of nitrogen functional groups attached to an aromatic ring is 1. The summed E-state index contributed by atoms with van der Waals surface area (Å²) in [6.07, 6.45) is 3.75. The number of nitrogens with two attached hydrogens (primary N) is 1. The van der Waals surface area contributed by atoms with Crippen molar-refractivity contribution >= 4 is 33.2 Å². The third kappa shape index (κ3) is 5.31. The quantitative estimate of drug-likeness (QED) is 0.534. The van der Waals surface area contributed by atoms with E-state index in [9.17, 15) is 4.79 Å².